The van der Waals surface area contributed by atoms with Gasteiger partial charge in [-0.05, 0) is 41.0 Å². The molecule has 2 heterocycles. The van der Waals surface area contributed by atoms with Crippen LogP contribution in [0.4, 0.5) is 0 Å². The molecule has 4 aromatic rings. The number of carbonyl (C=O) groups excluding carboxylic acids is 2. The van der Waals surface area contributed by atoms with Crippen LogP contribution in [0.25, 0.3) is 0 Å². The van der Waals surface area contributed by atoms with E-state index in [0.717, 1.165) is 32.6 Å². The lowest BCUT2D eigenvalue weighted by molar-refractivity contribution is -0.130. The van der Waals surface area contributed by atoms with Gasteiger partial charge in [0, 0.05) is 17.9 Å². The van der Waals surface area contributed by atoms with Crippen molar-refractivity contribution >= 4 is 45.2 Å². The fraction of sp³-hybridized carbons (Fsp3) is 0.233. The molecule has 41 heavy (non-hydrogen) atoms. The van der Waals surface area contributed by atoms with Crippen molar-refractivity contribution in [2.24, 2.45) is 12.1 Å². The highest BCUT2D eigenvalue weighted by atomic mass is 79.9. The van der Waals surface area contributed by atoms with Gasteiger partial charge in [-0.1, -0.05) is 82.3 Å². The van der Waals surface area contributed by atoms with Crippen molar-refractivity contribution in [1.29, 1.82) is 0 Å². The van der Waals surface area contributed by atoms with Gasteiger partial charge in [-0.2, -0.15) is 5.10 Å². The number of carbonyl (C=O) groups is 2. The van der Waals surface area contributed by atoms with E-state index in [1.54, 1.807) is 16.7 Å². The van der Waals surface area contributed by atoms with Gasteiger partial charge in [0.1, 0.15) is 5.75 Å². The maximum absolute atomic E-state index is 13.5. The minimum atomic E-state index is -0.234. The van der Waals surface area contributed by atoms with Gasteiger partial charge < -0.3 is 14.6 Å². The fourth-order valence-electron chi connectivity index (χ4n) is 4.48. The van der Waals surface area contributed by atoms with Crippen LogP contribution in [0.15, 0.2) is 93.6 Å². The molecule has 0 fully saturated rings. The number of rotatable bonds is 10. The van der Waals surface area contributed by atoms with Gasteiger partial charge in [0.05, 0.1) is 37.6 Å². The number of hydrazone groups is 1. The largest absolute Gasteiger partial charge is 0.497 e. The number of thioether (sulfide) groups is 1. The van der Waals surface area contributed by atoms with Crippen LogP contribution in [0, 0.1) is 0 Å². The lowest BCUT2D eigenvalue weighted by Crippen LogP contribution is -2.28. The predicted molar refractivity (Wildman–Crippen MR) is 162 cm³/mol. The third kappa shape index (κ3) is 7.04. The highest BCUT2D eigenvalue weighted by Gasteiger charge is 2.33. The summed E-state index contributed by atoms with van der Waals surface area (Å²) in [4.78, 5) is 25.9. The van der Waals surface area contributed by atoms with Gasteiger partial charge in [-0.3, -0.25) is 9.59 Å². The van der Waals surface area contributed by atoms with E-state index in [0.29, 0.717) is 23.8 Å². The molecule has 0 saturated heterocycles. The lowest BCUT2D eigenvalue weighted by atomic mass is 9.98. The first-order valence-corrected chi connectivity index (χ1v) is 14.8. The summed E-state index contributed by atoms with van der Waals surface area (Å²) in [5.74, 6) is 1.26. The molecule has 210 valence electrons. The zero-order chi connectivity index (χ0) is 28.8. The van der Waals surface area contributed by atoms with Crippen LogP contribution >= 0.6 is 27.7 Å². The quantitative estimate of drug-likeness (QED) is 0.249. The molecule has 1 aromatic heterocycles. The number of ether oxygens (including phenoxy) is 1. The van der Waals surface area contributed by atoms with E-state index in [4.69, 9.17) is 9.84 Å². The van der Waals surface area contributed by atoms with Crippen LogP contribution in [0.5, 0.6) is 5.75 Å². The second kappa shape index (κ2) is 13.1. The number of nitrogens with one attached hydrogen (secondary N) is 1. The molecular formula is C30H29BrN6O3S. The molecule has 9 nitrogen and oxygen atoms in total. The maximum atomic E-state index is 13.5. The van der Waals surface area contributed by atoms with E-state index < -0.39 is 0 Å². The van der Waals surface area contributed by atoms with E-state index in [-0.39, 0.29) is 30.2 Å². The summed E-state index contributed by atoms with van der Waals surface area (Å²) in [6, 6.07) is 25.0. The molecule has 5 rings (SSSR count). The molecule has 0 spiro atoms. The topological polar surface area (TPSA) is 102 Å². The molecular weight excluding hydrogens is 604 g/mol. The standard InChI is InChI=1S/C30H29BrN6O3S/c1-36-27(18-32-28(38)16-20-6-4-3-5-7-20)33-34-30(36)41-19-29(39)37-26(22-10-14-24(40-2)15-11-22)17-25(35-37)21-8-12-23(31)13-9-21/h3-15,26H,16-19H2,1-2H3,(H,32,38). The molecule has 1 aliphatic rings. The average Bonchev–Trinajstić information content (AvgIpc) is 3.59. The number of nitrogens with zero attached hydrogens (tertiary/aromatic N) is 5. The van der Waals surface area contributed by atoms with Gasteiger partial charge in [-0.25, -0.2) is 5.01 Å². The van der Waals surface area contributed by atoms with E-state index in [1.807, 2.05) is 85.9 Å². The van der Waals surface area contributed by atoms with Gasteiger partial charge >= 0.3 is 0 Å². The van der Waals surface area contributed by atoms with Crippen molar-refractivity contribution in [3.05, 3.63) is 106 Å². The lowest BCUT2D eigenvalue weighted by Gasteiger charge is -2.22. The molecule has 1 aliphatic heterocycles. The van der Waals surface area contributed by atoms with Crippen LogP contribution < -0.4 is 10.1 Å². The Kier molecular flexibility index (Phi) is 9.15. The summed E-state index contributed by atoms with van der Waals surface area (Å²) < 4.78 is 8.09. The second-order valence-electron chi connectivity index (χ2n) is 9.47. The van der Waals surface area contributed by atoms with Crippen molar-refractivity contribution < 1.29 is 14.3 Å². The molecule has 11 heteroatoms. The van der Waals surface area contributed by atoms with Crippen molar-refractivity contribution in [2.45, 2.75) is 30.6 Å². The Morgan fingerprint density at radius 3 is 2.46 bits per heavy atom. The van der Waals surface area contributed by atoms with Gasteiger partial charge in [0.2, 0.25) is 5.91 Å². The van der Waals surface area contributed by atoms with E-state index in [1.165, 1.54) is 11.8 Å². The minimum absolute atomic E-state index is 0.0957. The summed E-state index contributed by atoms with van der Waals surface area (Å²) >= 11 is 4.77. The molecule has 0 aliphatic carbocycles. The number of amides is 2. The van der Waals surface area contributed by atoms with E-state index >= 15 is 0 Å². The van der Waals surface area contributed by atoms with Crippen LogP contribution in [-0.4, -0.2) is 50.2 Å². The zero-order valence-electron chi connectivity index (χ0n) is 22.7. The molecule has 2 amide bonds. The third-order valence-electron chi connectivity index (χ3n) is 6.74. The Balaban J connectivity index is 1.25. The first-order chi connectivity index (χ1) is 19.9. The number of halogens is 1. The monoisotopic (exact) mass is 632 g/mol. The van der Waals surface area contributed by atoms with Crippen LogP contribution in [-0.2, 0) is 29.6 Å². The van der Waals surface area contributed by atoms with Crippen LogP contribution in [0.3, 0.4) is 0 Å². The summed E-state index contributed by atoms with van der Waals surface area (Å²) in [6.45, 7) is 0.246. The highest BCUT2D eigenvalue weighted by molar-refractivity contribution is 9.10. The predicted octanol–water partition coefficient (Wildman–Crippen LogP) is 4.92. The number of hydrogen-bond acceptors (Lipinski definition) is 7. The summed E-state index contributed by atoms with van der Waals surface area (Å²) in [5.41, 5.74) is 3.75. The number of benzene rings is 3. The van der Waals surface area contributed by atoms with Gasteiger partial charge in [0.25, 0.3) is 5.91 Å². The molecule has 3 aromatic carbocycles. The Morgan fingerprint density at radius 2 is 1.76 bits per heavy atom. The summed E-state index contributed by atoms with van der Waals surface area (Å²) in [7, 11) is 3.45. The Hall–Kier alpha value is -3.96. The first kappa shape index (κ1) is 28.6. The zero-order valence-corrected chi connectivity index (χ0v) is 25.1. The van der Waals surface area contributed by atoms with Crippen LogP contribution in [0.2, 0.25) is 0 Å². The van der Waals surface area contributed by atoms with Crippen molar-refractivity contribution in [3.63, 3.8) is 0 Å². The molecule has 1 atom stereocenters. The fourth-order valence-corrected chi connectivity index (χ4v) is 5.53. The Bertz CT molecular complexity index is 1540. The van der Waals surface area contributed by atoms with Gasteiger partial charge in [-0.15, -0.1) is 10.2 Å². The molecule has 0 saturated carbocycles. The maximum Gasteiger partial charge on any atom is 0.253 e. The molecule has 0 radical (unpaired) electrons. The number of hydrogen-bond donors (Lipinski definition) is 1. The van der Waals surface area contributed by atoms with Crippen molar-refractivity contribution in [1.82, 2.24) is 25.1 Å². The normalized spacial score (nSPS) is 14.6. The molecule has 1 unspecified atom stereocenters. The third-order valence-corrected chi connectivity index (χ3v) is 8.28. The number of aromatic nitrogens is 3. The Morgan fingerprint density at radius 1 is 1.02 bits per heavy atom. The summed E-state index contributed by atoms with van der Waals surface area (Å²) in [5, 5.41) is 18.3. The summed E-state index contributed by atoms with van der Waals surface area (Å²) in [6.07, 6.45) is 0.893. The molecule has 0 bridgehead atoms. The highest BCUT2D eigenvalue weighted by Crippen LogP contribution is 2.34. The molecule has 1 N–H and O–H groups in total. The second-order valence-corrected chi connectivity index (χ2v) is 11.3. The van der Waals surface area contributed by atoms with Crippen LogP contribution in [0.1, 0.15) is 35.0 Å². The van der Waals surface area contributed by atoms with E-state index in [2.05, 4.69) is 31.4 Å². The Labute approximate surface area is 251 Å². The number of methoxy groups -OCH3 is 1. The van der Waals surface area contributed by atoms with Crippen molar-refractivity contribution in [2.75, 3.05) is 12.9 Å². The first-order valence-electron chi connectivity index (χ1n) is 13.0. The minimum Gasteiger partial charge on any atom is -0.497 e. The van der Waals surface area contributed by atoms with Gasteiger partial charge in [0.15, 0.2) is 11.0 Å². The van der Waals surface area contributed by atoms with Crippen molar-refractivity contribution in [3.8, 4) is 5.75 Å². The average molecular weight is 634 g/mol. The SMILES string of the molecule is COc1ccc(C2CC(c3ccc(Br)cc3)=NN2C(=O)CSc2nnc(CNC(=O)Cc3ccccc3)n2C)cc1. The van der Waals surface area contributed by atoms with E-state index in [9.17, 15) is 9.59 Å². The smallest absolute Gasteiger partial charge is 0.253 e.